The van der Waals surface area contributed by atoms with Gasteiger partial charge >= 0.3 is 0 Å². The Balaban J connectivity index is 1.58. The normalized spacial score (nSPS) is 30.0. The number of benzene rings is 1. The van der Waals surface area contributed by atoms with Gasteiger partial charge in [-0.1, -0.05) is 11.6 Å². The molecule has 6 heteroatoms. The number of amides is 1. The maximum atomic E-state index is 13.3. The predicted molar refractivity (Wildman–Crippen MR) is 88.7 cm³/mol. The molecular formula is C17H19ClN4O. The molecule has 0 saturated carbocycles. The monoisotopic (exact) mass is 330 g/mol. The Morgan fingerprint density at radius 1 is 1.13 bits per heavy atom. The van der Waals surface area contributed by atoms with Gasteiger partial charge in [0, 0.05) is 29.5 Å². The lowest BCUT2D eigenvalue weighted by Crippen LogP contribution is -2.58. The number of fused-ring (bicyclic) bond motifs is 3. The van der Waals surface area contributed by atoms with Crippen molar-refractivity contribution in [3.63, 3.8) is 0 Å². The van der Waals surface area contributed by atoms with E-state index >= 15 is 0 Å². The molecule has 0 aliphatic carbocycles. The molecule has 0 N–H and O–H groups in total. The average Bonchev–Trinajstić information content (AvgIpc) is 2.91. The second-order valence-corrected chi connectivity index (χ2v) is 7.40. The maximum Gasteiger partial charge on any atom is 0.256 e. The van der Waals surface area contributed by atoms with Crippen molar-refractivity contribution in [2.75, 3.05) is 26.2 Å². The van der Waals surface area contributed by atoms with E-state index < -0.39 is 0 Å². The molecule has 3 fully saturated rings. The first-order chi connectivity index (χ1) is 11.2. The van der Waals surface area contributed by atoms with Gasteiger partial charge in [-0.15, -0.1) is 0 Å². The Hall–Kier alpha value is -1.59. The van der Waals surface area contributed by atoms with Crippen LogP contribution in [0, 0.1) is 5.92 Å². The number of piperidine rings is 3. The van der Waals surface area contributed by atoms with E-state index in [2.05, 4.69) is 14.9 Å². The Morgan fingerprint density at radius 3 is 2.70 bits per heavy atom. The average molecular weight is 331 g/mol. The summed E-state index contributed by atoms with van der Waals surface area (Å²) in [5.41, 5.74) is 1.64. The molecule has 1 aromatic heterocycles. The number of rotatable bonds is 1. The maximum absolute atomic E-state index is 13.3. The molecule has 2 bridgehead atoms. The number of carbonyl (C=O) groups excluding carboxylic acids is 1. The zero-order valence-electron chi connectivity index (χ0n) is 12.9. The van der Waals surface area contributed by atoms with Gasteiger partial charge in [-0.3, -0.25) is 9.48 Å². The Morgan fingerprint density at radius 2 is 1.96 bits per heavy atom. The second kappa shape index (κ2) is 4.95. The van der Waals surface area contributed by atoms with Gasteiger partial charge in [-0.25, -0.2) is 0 Å². The van der Waals surface area contributed by atoms with Crippen molar-refractivity contribution in [1.29, 1.82) is 0 Å². The van der Waals surface area contributed by atoms with E-state index in [1.54, 1.807) is 0 Å². The highest BCUT2D eigenvalue weighted by Crippen LogP contribution is 2.34. The molecule has 0 unspecified atom stereocenters. The highest BCUT2D eigenvalue weighted by atomic mass is 35.5. The lowest BCUT2D eigenvalue weighted by atomic mass is 9.83. The third-order valence-electron chi connectivity index (χ3n) is 5.76. The van der Waals surface area contributed by atoms with Gasteiger partial charge in [0.1, 0.15) is 0 Å². The summed E-state index contributed by atoms with van der Waals surface area (Å²) >= 11 is 6.24. The Bertz CT molecular complexity index is 793. The lowest BCUT2D eigenvalue weighted by Gasteiger charge is -2.48. The van der Waals surface area contributed by atoms with Crippen LogP contribution in [0.15, 0.2) is 18.3 Å². The van der Waals surface area contributed by atoms with Crippen LogP contribution in [-0.4, -0.2) is 57.7 Å². The van der Waals surface area contributed by atoms with Crippen LogP contribution in [-0.2, 0) is 6.54 Å². The molecule has 1 aromatic carbocycles. The van der Waals surface area contributed by atoms with Gasteiger partial charge in [-0.05, 0) is 44.0 Å². The number of halogens is 1. The number of nitrogens with zero attached hydrogens (tertiary/aromatic N) is 4. The van der Waals surface area contributed by atoms with Gasteiger partial charge in [0.25, 0.3) is 5.91 Å². The number of hydrogen-bond acceptors (Lipinski definition) is 3. The van der Waals surface area contributed by atoms with Gasteiger partial charge in [0.15, 0.2) is 0 Å². The van der Waals surface area contributed by atoms with Crippen molar-refractivity contribution < 1.29 is 4.79 Å². The van der Waals surface area contributed by atoms with Crippen LogP contribution >= 0.6 is 11.6 Å². The zero-order chi connectivity index (χ0) is 15.6. The summed E-state index contributed by atoms with van der Waals surface area (Å²) in [6.45, 7) is 4.88. The van der Waals surface area contributed by atoms with Crippen LogP contribution in [0.1, 0.15) is 23.2 Å². The van der Waals surface area contributed by atoms with Gasteiger partial charge in [0.05, 0.1) is 23.8 Å². The number of hydrogen-bond donors (Lipinski definition) is 0. The van der Waals surface area contributed by atoms with Crippen molar-refractivity contribution in [3.05, 3.63) is 28.9 Å². The first kappa shape index (κ1) is 13.8. The van der Waals surface area contributed by atoms with Crippen LogP contribution in [0.25, 0.3) is 10.9 Å². The molecular weight excluding hydrogens is 312 g/mol. The van der Waals surface area contributed by atoms with Crippen LogP contribution in [0.5, 0.6) is 0 Å². The Labute approximate surface area is 139 Å². The van der Waals surface area contributed by atoms with E-state index in [-0.39, 0.29) is 5.91 Å². The van der Waals surface area contributed by atoms with Gasteiger partial charge < -0.3 is 9.80 Å². The molecule has 1 amide bonds. The Kier molecular flexibility index (Phi) is 2.97. The minimum absolute atomic E-state index is 0.121. The summed E-state index contributed by atoms with van der Waals surface area (Å²) in [5, 5.41) is 6.02. The largest absolute Gasteiger partial charge is 0.332 e. The fraction of sp³-hybridized carbons (Fsp3) is 0.529. The van der Waals surface area contributed by atoms with Crippen LogP contribution in [0.4, 0.5) is 0 Å². The van der Waals surface area contributed by atoms with Crippen molar-refractivity contribution in [2.24, 2.45) is 5.92 Å². The molecule has 5 heterocycles. The lowest BCUT2D eigenvalue weighted by molar-refractivity contribution is 0.00707. The summed E-state index contributed by atoms with van der Waals surface area (Å²) < 4.78 is 1.96. The molecule has 4 aliphatic rings. The van der Waals surface area contributed by atoms with Crippen molar-refractivity contribution in [1.82, 2.24) is 19.6 Å². The highest BCUT2D eigenvalue weighted by Gasteiger charge is 2.40. The van der Waals surface area contributed by atoms with E-state index in [4.69, 9.17) is 11.6 Å². The summed E-state index contributed by atoms with van der Waals surface area (Å²) in [4.78, 5) is 17.8. The standard InChI is InChI=1S/C17H19ClN4O/c18-13-7-12-9-19-22-6-5-21(17(23)14(8-13)16(12)22)15-10-20-3-1-11(15)2-4-20/h7-9,11,15H,1-6,10H2/t15-/m1/s1. The number of aromatic nitrogens is 2. The molecule has 6 rings (SSSR count). The minimum Gasteiger partial charge on any atom is -0.332 e. The van der Waals surface area contributed by atoms with E-state index in [1.807, 2.05) is 23.0 Å². The molecule has 2 aromatic rings. The topological polar surface area (TPSA) is 41.4 Å². The molecule has 5 nitrogen and oxygen atoms in total. The van der Waals surface area contributed by atoms with E-state index in [0.29, 0.717) is 22.5 Å². The second-order valence-electron chi connectivity index (χ2n) is 6.96. The van der Waals surface area contributed by atoms with Gasteiger partial charge in [-0.2, -0.15) is 5.10 Å². The summed E-state index contributed by atoms with van der Waals surface area (Å²) in [6.07, 6.45) is 4.23. The first-order valence-electron chi connectivity index (χ1n) is 8.39. The molecule has 1 atom stereocenters. The van der Waals surface area contributed by atoms with Crippen molar-refractivity contribution >= 4 is 28.4 Å². The fourth-order valence-electron chi connectivity index (χ4n) is 4.59. The smallest absolute Gasteiger partial charge is 0.256 e. The molecule has 0 radical (unpaired) electrons. The predicted octanol–water partition coefficient (Wildman–Crippen LogP) is 2.24. The molecule has 0 spiro atoms. The van der Waals surface area contributed by atoms with E-state index in [1.165, 1.54) is 25.9 Å². The molecule has 4 aliphatic heterocycles. The minimum atomic E-state index is 0.121. The van der Waals surface area contributed by atoms with E-state index in [0.717, 1.165) is 30.5 Å². The van der Waals surface area contributed by atoms with Gasteiger partial charge in [0.2, 0.25) is 0 Å². The van der Waals surface area contributed by atoms with Crippen LogP contribution in [0.2, 0.25) is 5.02 Å². The zero-order valence-corrected chi connectivity index (χ0v) is 13.7. The SMILES string of the molecule is O=C1c2cc(Cl)cc3cnn(c23)CCN1[C@@H]1CN2CCC1CC2. The van der Waals surface area contributed by atoms with Crippen molar-refractivity contribution in [2.45, 2.75) is 25.4 Å². The third-order valence-corrected chi connectivity index (χ3v) is 5.98. The summed E-state index contributed by atoms with van der Waals surface area (Å²) in [6, 6.07) is 4.04. The highest BCUT2D eigenvalue weighted by molar-refractivity contribution is 6.32. The van der Waals surface area contributed by atoms with Crippen molar-refractivity contribution in [3.8, 4) is 0 Å². The summed E-state index contributed by atoms with van der Waals surface area (Å²) in [5.74, 6) is 0.763. The molecule has 3 saturated heterocycles. The molecule has 120 valence electrons. The quantitative estimate of drug-likeness (QED) is 0.805. The third kappa shape index (κ3) is 2.03. The fourth-order valence-corrected chi connectivity index (χ4v) is 4.82. The first-order valence-corrected chi connectivity index (χ1v) is 8.77. The summed E-state index contributed by atoms with van der Waals surface area (Å²) in [7, 11) is 0. The van der Waals surface area contributed by atoms with E-state index in [9.17, 15) is 4.79 Å². The molecule has 23 heavy (non-hydrogen) atoms. The van der Waals surface area contributed by atoms with Crippen LogP contribution in [0.3, 0.4) is 0 Å². The van der Waals surface area contributed by atoms with Crippen LogP contribution < -0.4 is 0 Å². The number of carbonyl (C=O) groups is 1.